The van der Waals surface area contributed by atoms with Crippen molar-refractivity contribution in [1.29, 1.82) is 0 Å². The Balaban J connectivity index is 0.000000144. The van der Waals surface area contributed by atoms with E-state index in [0.29, 0.717) is 0 Å². The second kappa shape index (κ2) is 14.5. The van der Waals surface area contributed by atoms with Crippen LogP contribution < -0.4 is 0 Å². The molecule has 10 aromatic rings. The predicted molar refractivity (Wildman–Crippen MR) is 214 cm³/mol. The van der Waals surface area contributed by atoms with Gasteiger partial charge in [-0.05, 0) is 75.1 Å². The van der Waals surface area contributed by atoms with E-state index in [0.717, 1.165) is 43.0 Å². The topological polar surface area (TPSA) is 25.8 Å². The second-order valence-corrected chi connectivity index (χ2v) is 14.1. The Morgan fingerprint density at radius 2 is 0.765 bits per heavy atom. The van der Waals surface area contributed by atoms with Gasteiger partial charge in [0.25, 0.3) is 0 Å². The summed E-state index contributed by atoms with van der Waals surface area (Å²) in [6.45, 7) is 0. The first kappa shape index (κ1) is 32.9. The van der Waals surface area contributed by atoms with Crippen LogP contribution in [-0.4, -0.2) is 9.97 Å². The number of benzene rings is 6. The van der Waals surface area contributed by atoms with Crippen LogP contribution in [0.15, 0.2) is 170 Å². The summed E-state index contributed by atoms with van der Waals surface area (Å²) in [6, 6.07) is 62.0. The molecule has 2 nitrogen and oxygen atoms in total. The van der Waals surface area contributed by atoms with E-state index in [9.17, 15) is 0 Å². The zero-order valence-corrected chi connectivity index (χ0v) is 31.1. The number of aromatic nitrogens is 2. The molecule has 5 heteroatoms. The van der Waals surface area contributed by atoms with Gasteiger partial charge in [0.2, 0.25) is 0 Å². The Hall–Kier alpha value is -5.25. The van der Waals surface area contributed by atoms with Crippen molar-refractivity contribution in [1.82, 2.24) is 9.97 Å². The van der Waals surface area contributed by atoms with Crippen LogP contribution in [0.5, 0.6) is 0 Å². The minimum Gasteiger partial charge on any atom is -0.303 e. The summed E-state index contributed by atoms with van der Waals surface area (Å²) in [5.74, 6) is 0. The third-order valence-corrected chi connectivity index (χ3v) is 11.1. The molecular formula is C46H28N2PtS2. The molecule has 0 N–H and O–H groups in total. The zero-order valence-electron chi connectivity index (χ0n) is 27.2. The summed E-state index contributed by atoms with van der Waals surface area (Å²) in [7, 11) is 0. The predicted octanol–water partition coefficient (Wildman–Crippen LogP) is 13.2. The smallest absolute Gasteiger partial charge is 0.303 e. The van der Waals surface area contributed by atoms with Gasteiger partial charge in [0.05, 0.1) is 0 Å². The van der Waals surface area contributed by atoms with Gasteiger partial charge in [-0.25, -0.2) is 22.7 Å². The van der Waals surface area contributed by atoms with Crippen molar-refractivity contribution in [2.24, 2.45) is 0 Å². The van der Waals surface area contributed by atoms with Crippen LogP contribution in [0.25, 0.3) is 85.1 Å². The van der Waals surface area contributed by atoms with Gasteiger partial charge in [-0.2, -0.15) is 0 Å². The van der Waals surface area contributed by atoms with Crippen LogP contribution in [0, 0.1) is 12.1 Å². The molecule has 0 aliphatic rings. The summed E-state index contributed by atoms with van der Waals surface area (Å²) in [4.78, 5) is 11.6. The maximum absolute atomic E-state index is 4.71. The quantitative estimate of drug-likeness (QED) is 0.165. The summed E-state index contributed by atoms with van der Waals surface area (Å²) in [5, 5.41) is 7.29. The van der Waals surface area contributed by atoms with E-state index in [2.05, 4.69) is 158 Å². The molecule has 0 aliphatic carbocycles. The fourth-order valence-corrected chi connectivity index (χ4v) is 8.61. The standard InChI is InChI=1S/2C23H14NS.Pt/c2*1-3-10-18-16(7-1)9-5-11-19(18)20-12-6-14-24-23(20)22-15-17-8-2-4-13-21(17)25-22;/h2*1-14H;/q2*-1;+2. The number of thiophene rings is 2. The van der Waals surface area contributed by atoms with Crippen LogP contribution in [-0.2, 0) is 21.1 Å². The normalized spacial score (nSPS) is 11.0. The molecule has 244 valence electrons. The van der Waals surface area contributed by atoms with Crippen molar-refractivity contribution >= 4 is 64.4 Å². The first-order valence-electron chi connectivity index (χ1n) is 16.5. The van der Waals surface area contributed by atoms with Crippen molar-refractivity contribution in [3.63, 3.8) is 0 Å². The van der Waals surface area contributed by atoms with Gasteiger partial charge in [0, 0.05) is 23.8 Å². The summed E-state index contributed by atoms with van der Waals surface area (Å²) in [6.07, 6.45) is 3.73. The largest absolute Gasteiger partial charge is 2.00 e. The Morgan fingerprint density at radius 3 is 1.24 bits per heavy atom. The van der Waals surface area contributed by atoms with Crippen molar-refractivity contribution in [3.8, 4) is 43.4 Å². The van der Waals surface area contributed by atoms with Crippen LogP contribution in [0.4, 0.5) is 0 Å². The Morgan fingerprint density at radius 1 is 0.373 bits per heavy atom. The van der Waals surface area contributed by atoms with E-state index >= 15 is 0 Å². The average molecular weight is 868 g/mol. The summed E-state index contributed by atoms with van der Waals surface area (Å²) in [5.41, 5.74) is 6.74. The van der Waals surface area contributed by atoms with E-state index in [1.165, 1.54) is 42.1 Å². The van der Waals surface area contributed by atoms with Gasteiger partial charge in [-0.15, -0.1) is 47.2 Å². The molecule has 6 aromatic carbocycles. The van der Waals surface area contributed by atoms with Crippen LogP contribution in [0.1, 0.15) is 0 Å². The number of fused-ring (bicyclic) bond motifs is 4. The monoisotopic (exact) mass is 867 g/mol. The van der Waals surface area contributed by atoms with Gasteiger partial charge in [-0.1, -0.05) is 121 Å². The van der Waals surface area contributed by atoms with E-state index in [1.807, 2.05) is 24.5 Å². The van der Waals surface area contributed by atoms with E-state index < -0.39 is 0 Å². The van der Waals surface area contributed by atoms with Gasteiger partial charge < -0.3 is 9.97 Å². The molecule has 0 aliphatic heterocycles. The molecule has 0 fully saturated rings. The molecule has 0 radical (unpaired) electrons. The number of hydrogen-bond acceptors (Lipinski definition) is 4. The number of nitrogens with zero attached hydrogens (tertiary/aromatic N) is 2. The molecule has 0 saturated heterocycles. The zero-order chi connectivity index (χ0) is 33.3. The number of pyridine rings is 2. The third-order valence-electron chi connectivity index (χ3n) is 8.90. The molecule has 0 bridgehead atoms. The first-order valence-corrected chi connectivity index (χ1v) is 18.1. The molecule has 0 unspecified atom stereocenters. The third kappa shape index (κ3) is 6.43. The molecule has 10 rings (SSSR count). The van der Waals surface area contributed by atoms with Gasteiger partial charge in [0.1, 0.15) is 0 Å². The number of hydrogen-bond donors (Lipinski definition) is 0. The van der Waals surface area contributed by atoms with E-state index in [1.54, 1.807) is 22.7 Å². The van der Waals surface area contributed by atoms with Crippen LogP contribution in [0.2, 0.25) is 0 Å². The van der Waals surface area contributed by atoms with Gasteiger partial charge in [0.15, 0.2) is 0 Å². The van der Waals surface area contributed by atoms with Crippen molar-refractivity contribution in [3.05, 3.63) is 182 Å². The minimum absolute atomic E-state index is 0. The molecular weight excluding hydrogens is 840 g/mol. The molecule has 51 heavy (non-hydrogen) atoms. The van der Waals surface area contributed by atoms with Crippen molar-refractivity contribution < 1.29 is 21.1 Å². The van der Waals surface area contributed by atoms with Gasteiger partial charge >= 0.3 is 21.1 Å². The fourth-order valence-electron chi connectivity index (χ4n) is 6.58. The van der Waals surface area contributed by atoms with Gasteiger partial charge in [-0.3, -0.25) is 0 Å². The molecule has 0 atom stereocenters. The summed E-state index contributed by atoms with van der Waals surface area (Å²) >= 11 is 3.49. The maximum atomic E-state index is 4.71. The molecule has 0 saturated carbocycles. The maximum Gasteiger partial charge on any atom is 2.00 e. The van der Waals surface area contributed by atoms with Crippen molar-refractivity contribution in [2.75, 3.05) is 0 Å². The van der Waals surface area contributed by atoms with E-state index in [4.69, 9.17) is 9.97 Å². The first-order chi connectivity index (χ1) is 24.8. The average Bonchev–Trinajstić information content (AvgIpc) is 3.83. The Bertz CT molecular complexity index is 2530. The SMILES string of the molecule is [Pt+2].[c-]1c(-c2ncccc2-c2cccc3ccccc23)sc2ccccc12.[c-]1c(-c2ncccc2-c2cccc3ccccc23)sc2ccccc12. The number of rotatable bonds is 4. The van der Waals surface area contributed by atoms with Crippen LogP contribution >= 0.6 is 22.7 Å². The van der Waals surface area contributed by atoms with E-state index in [-0.39, 0.29) is 21.1 Å². The minimum atomic E-state index is 0. The summed E-state index contributed by atoms with van der Waals surface area (Å²) < 4.78 is 2.49. The molecule has 0 amide bonds. The van der Waals surface area contributed by atoms with Crippen molar-refractivity contribution in [2.45, 2.75) is 0 Å². The Kier molecular flexibility index (Phi) is 9.39. The molecule has 4 aromatic heterocycles. The van der Waals surface area contributed by atoms with Crippen LogP contribution in [0.3, 0.4) is 0 Å². The molecule has 4 heterocycles. The second-order valence-electron chi connectivity index (χ2n) is 12.0. The Labute approximate surface area is 319 Å². The molecule has 0 spiro atoms. The fraction of sp³-hybridized carbons (Fsp3) is 0.